The first-order valence-corrected chi connectivity index (χ1v) is 8.75. The second-order valence-corrected chi connectivity index (χ2v) is 8.02. The van der Waals surface area contributed by atoms with Gasteiger partial charge in [-0.3, -0.25) is 0 Å². The lowest BCUT2D eigenvalue weighted by atomic mass is 10.0. The van der Waals surface area contributed by atoms with Gasteiger partial charge in [0, 0.05) is 0 Å². The van der Waals surface area contributed by atoms with Crippen LogP contribution in [-0.2, 0) is 21.3 Å². The SMILES string of the molecule is CC1(n2c(CCl)nc3ccc(F)c(F)c32)CCS(=O)(=O)C1. The minimum atomic E-state index is -3.20. The summed E-state index contributed by atoms with van der Waals surface area (Å²) in [5, 5.41) is 0. The lowest BCUT2D eigenvalue weighted by Gasteiger charge is -2.27. The second kappa shape index (κ2) is 4.64. The first kappa shape index (κ1) is 14.7. The summed E-state index contributed by atoms with van der Waals surface area (Å²) in [6.45, 7) is 1.71. The standard InChI is InChI=1S/C13H13ClF2N2O2S/c1-13(4-5-21(19,20)7-13)18-10(6-14)17-9-3-2-8(15)11(16)12(9)18/h2-3H,4-7H2,1H3. The quantitative estimate of drug-likeness (QED) is 0.793. The van der Waals surface area contributed by atoms with Gasteiger partial charge in [-0.05, 0) is 25.5 Å². The van der Waals surface area contributed by atoms with Gasteiger partial charge in [-0.1, -0.05) is 0 Å². The predicted octanol–water partition coefficient (Wildman–Crippen LogP) is 2.59. The minimum absolute atomic E-state index is 0.00855. The van der Waals surface area contributed by atoms with Crippen LogP contribution in [0.1, 0.15) is 19.2 Å². The molecule has 1 unspecified atom stereocenters. The smallest absolute Gasteiger partial charge is 0.184 e. The lowest BCUT2D eigenvalue weighted by Crippen LogP contribution is -2.33. The van der Waals surface area contributed by atoms with Crippen LogP contribution < -0.4 is 0 Å². The van der Waals surface area contributed by atoms with Crippen LogP contribution >= 0.6 is 11.6 Å². The number of benzene rings is 1. The average Bonchev–Trinajstić information content (AvgIpc) is 2.93. The summed E-state index contributed by atoms with van der Waals surface area (Å²) in [4.78, 5) is 4.20. The van der Waals surface area contributed by atoms with Gasteiger partial charge in [0.05, 0.1) is 28.4 Å². The number of sulfone groups is 1. The summed E-state index contributed by atoms with van der Waals surface area (Å²) >= 11 is 5.86. The van der Waals surface area contributed by atoms with Crippen LogP contribution in [0.25, 0.3) is 11.0 Å². The molecule has 3 rings (SSSR count). The van der Waals surface area contributed by atoms with Crippen molar-refractivity contribution in [3.63, 3.8) is 0 Å². The average molecular weight is 335 g/mol. The number of halogens is 3. The molecule has 1 aliphatic rings. The van der Waals surface area contributed by atoms with Crippen molar-refractivity contribution in [2.24, 2.45) is 0 Å². The van der Waals surface area contributed by atoms with Crippen molar-refractivity contribution in [3.05, 3.63) is 29.6 Å². The topological polar surface area (TPSA) is 52.0 Å². The minimum Gasteiger partial charge on any atom is -0.317 e. The number of hydrogen-bond acceptors (Lipinski definition) is 3. The molecule has 4 nitrogen and oxygen atoms in total. The number of rotatable bonds is 2. The van der Waals surface area contributed by atoms with E-state index in [1.54, 1.807) is 6.92 Å². The van der Waals surface area contributed by atoms with Crippen LogP contribution in [-0.4, -0.2) is 29.5 Å². The maximum atomic E-state index is 14.2. The van der Waals surface area contributed by atoms with E-state index in [0.29, 0.717) is 12.2 Å². The molecule has 8 heteroatoms. The van der Waals surface area contributed by atoms with Crippen molar-refractivity contribution in [2.45, 2.75) is 24.8 Å². The predicted molar refractivity (Wildman–Crippen MR) is 76.1 cm³/mol. The molecule has 0 saturated carbocycles. The Morgan fingerprint density at radius 1 is 1.43 bits per heavy atom. The Kier molecular flexibility index (Phi) is 3.25. The first-order chi connectivity index (χ1) is 9.77. The molecule has 0 radical (unpaired) electrons. The largest absolute Gasteiger partial charge is 0.317 e. The third kappa shape index (κ3) is 2.23. The molecular weight excluding hydrogens is 322 g/mol. The molecule has 0 amide bonds. The van der Waals surface area contributed by atoms with E-state index in [4.69, 9.17) is 11.6 Å². The highest BCUT2D eigenvalue weighted by Crippen LogP contribution is 2.36. The molecule has 2 heterocycles. The molecule has 0 bridgehead atoms. The van der Waals surface area contributed by atoms with Gasteiger partial charge >= 0.3 is 0 Å². The van der Waals surface area contributed by atoms with Crippen molar-refractivity contribution >= 4 is 32.5 Å². The van der Waals surface area contributed by atoms with Crippen LogP contribution in [0.2, 0.25) is 0 Å². The summed E-state index contributed by atoms with van der Waals surface area (Å²) in [6.07, 6.45) is 0.320. The van der Waals surface area contributed by atoms with Gasteiger partial charge in [0.1, 0.15) is 11.3 Å². The van der Waals surface area contributed by atoms with Gasteiger partial charge < -0.3 is 4.57 Å². The van der Waals surface area contributed by atoms with Gasteiger partial charge in [-0.2, -0.15) is 0 Å². The Hall–Kier alpha value is -1.21. The van der Waals surface area contributed by atoms with Crippen LogP contribution in [0.3, 0.4) is 0 Å². The summed E-state index contributed by atoms with van der Waals surface area (Å²) in [5.74, 6) is -1.80. The van der Waals surface area contributed by atoms with E-state index in [0.717, 1.165) is 6.07 Å². The zero-order valence-corrected chi connectivity index (χ0v) is 12.8. The molecule has 1 fully saturated rings. The van der Waals surface area contributed by atoms with E-state index in [-0.39, 0.29) is 28.4 Å². The Balaban J connectivity index is 2.33. The second-order valence-electron chi connectivity index (χ2n) is 5.57. The maximum Gasteiger partial charge on any atom is 0.184 e. The van der Waals surface area contributed by atoms with Crippen LogP contribution in [0.4, 0.5) is 8.78 Å². The molecule has 21 heavy (non-hydrogen) atoms. The van der Waals surface area contributed by atoms with E-state index in [1.807, 2.05) is 0 Å². The number of nitrogens with zero attached hydrogens (tertiary/aromatic N) is 2. The lowest BCUT2D eigenvalue weighted by molar-refractivity contribution is 0.362. The number of alkyl halides is 1. The fraction of sp³-hybridized carbons (Fsp3) is 0.462. The third-order valence-electron chi connectivity index (χ3n) is 3.92. The van der Waals surface area contributed by atoms with Gasteiger partial charge in [0.2, 0.25) is 0 Å². The van der Waals surface area contributed by atoms with Gasteiger partial charge in [0.25, 0.3) is 0 Å². The molecule has 1 aromatic heterocycles. The Morgan fingerprint density at radius 2 is 2.14 bits per heavy atom. The third-order valence-corrected chi connectivity index (χ3v) is 6.05. The summed E-state index contributed by atoms with van der Waals surface area (Å²) < 4.78 is 52.8. The number of imidazole rings is 1. The summed E-state index contributed by atoms with van der Waals surface area (Å²) in [7, 11) is -3.20. The van der Waals surface area contributed by atoms with Crippen molar-refractivity contribution in [3.8, 4) is 0 Å². The number of hydrogen-bond donors (Lipinski definition) is 0. The monoisotopic (exact) mass is 334 g/mol. The molecular formula is C13H13ClF2N2O2S. The maximum absolute atomic E-state index is 14.2. The van der Waals surface area contributed by atoms with Crippen LogP contribution in [0.15, 0.2) is 12.1 Å². The number of fused-ring (bicyclic) bond motifs is 1. The molecule has 2 aromatic rings. The zero-order chi connectivity index (χ0) is 15.4. The molecule has 1 aromatic carbocycles. The van der Waals surface area contributed by atoms with E-state index < -0.39 is 27.0 Å². The van der Waals surface area contributed by atoms with Gasteiger partial charge in [-0.15, -0.1) is 11.6 Å². The fourth-order valence-electron chi connectivity index (χ4n) is 2.99. The number of aromatic nitrogens is 2. The molecule has 0 aliphatic carbocycles. The zero-order valence-electron chi connectivity index (χ0n) is 11.2. The summed E-state index contributed by atoms with van der Waals surface area (Å²) in [6, 6.07) is 2.37. The molecule has 1 saturated heterocycles. The molecule has 0 N–H and O–H groups in total. The molecule has 114 valence electrons. The highest BCUT2D eigenvalue weighted by Gasteiger charge is 2.42. The molecule has 1 aliphatic heterocycles. The van der Waals surface area contributed by atoms with Gasteiger partial charge in [-0.25, -0.2) is 22.2 Å². The Bertz CT molecular complexity index is 834. The summed E-state index contributed by atoms with van der Waals surface area (Å²) in [5.41, 5.74) is -0.618. The highest BCUT2D eigenvalue weighted by molar-refractivity contribution is 7.91. The Morgan fingerprint density at radius 3 is 2.71 bits per heavy atom. The molecule has 1 atom stereocenters. The van der Waals surface area contributed by atoms with E-state index in [9.17, 15) is 17.2 Å². The van der Waals surface area contributed by atoms with Crippen molar-refractivity contribution in [1.29, 1.82) is 0 Å². The highest BCUT2D eigenvalue weighted by atomic mass is 35.5. The Labute approximate surface area is 125 Å². The van der Waals surface area contributed by atoms with E-state index in [1.165, 1.54) is 10.6 Å². The molecule has 0 spiro atoms. The van der Waals surface area contributed by atoms with Crippen molar-refractivity contribution in [1.82, 2.24) is 9.55 Å². The van der Waals surface area contributed by atoms with Gasteiger partial charge in [0.15, 0.2) is 21.5 Å². The van der Waals surface area contributed by atoms with Crippen molar-refractivity contribution < 1.29 is 17.2 Å². The fourth-order valence-corrected chi connectivity index (χ4v) is 5.29. The van der Waals surface area contributed by atoms with Crippen LogP contribution in [0, 0.1) is 11.6 Å². The van der Waals surface area contributed by atoms with E-state index >= 15 is 0 Å². The van der Waals surface area contributed by atoms with Crippen molar-refractivity contribution in [2.75, 3.05) is 11.5 Å². The first-order valence-electron chi connectivity index (χ1n) is 6.40. The normalized spacial score (nSPS) is 24.8. The van der Waals surface area contributed by atoms with Crippen LogP contribution in [0.5, 0.6) is 0 Å². The van der Waals surface area contributed by atoms with E-state index in [2.05, 4.69) is 4.98 Å².